The molecule has 1 aliphatic carbocycles. The van der Waals surface area contributed by atoms with E-state index in [1.807, 2.05) is 24.3 Å². The van der Waals surface area contributed by atoms with E-state index in [1.165, 1.54) is 5.39 Å². The zero-order valence-corrected chi connectivity index (χ0v) is 27.6. The molecule has 52 heavy (non-hydrogen) atoms. The third kappa shape index (κ3) is 3.90. The summed E-state index contributed by atoms with van der Waals surface area (Å²) in [6, 6.07) is 55.0. The standard InChI is InChI=1S/C47H26N2O3/c1-2-9-28-22-30(17-16-27(28)8-1)47-48-45-36-13-7-10-29-23-33(26-39(44(29)36)46(45)52-47)49(31-18-20-42-37(24-31)34-11-3-5-14-40(34)50-42)32-19-21-43-38(25-32)35-12-4-6-15-41(35)51-43/h1-26H. The minimum Gasteiger partial charge on any atom is -0.456 e. The highest BCUT2D eigenvalue weighted by molar-refractivity contribution is 6.15. The minimum absolute atomic E-state index is 0.621. The van der Waals surface area contributed by atoms with Crippen molar-refractivity contribution in [2.24, 2.45) is 0 Å². The summed E-state index contributed by atoms with van der Waals surface area (Å²) in [6.07, 6.45) is 0. The highest BCUT2D eigenvalue weighted by Gasteiger charge is 2.30. The second-order valence-electron chi connectivity index (χ2n) is 13.5. The van der Waals surface area contributed by atoms with Gasteiger partial charge in [-0.2, -0.15) is 0 Å². The van der Waals surface area contributed by atoms with Crippen LogP contribution in [0.3, 0.4) is 0 Å². The first kappa shape index (κ1) is 27.7. The highest BCUT2D eigenvalue weighted by Crippen LogP contribution is 2.51. The average molecular weight is 667 g/mol. The first-order chi connectivity index (χ1) is 25.7. The lowest BCUT2D eigenvalue weighted by Gasteiger charge is -2.26. The van der Waals surface area contributed by atoms with Gasteiger partial charge >= 0.3 is 0 Å². The number of aromatic nitrogens is 1. The van der Waals surface area contributed by atoms with Gasteiger partial charge in [-0.3, -0.25) is 0 Å². The van der Waals surface area contributed by atoms with Crippen molar-refractivity contribution < 1.29 is 13.3 Å². The average Bonchev–Trinajstić information content (AvgIpc) is 3.96. The maximum absolute atomic E-state index is 6.72. The lowest BCUT2D eigenvalue weighted by atomic mass is 10.0. The quantitative estimate of drug-likeness (QED) is 0.187. The second-order valence-corrected chi connectivity index (χ2v) is 13.5. The van der Waals surface area contributed by atoms with Crippen molar-refractivity contribution in [3.05, 3.63) is 158 Å². The van der Waals surface area contributed by atoms with E-state index in [9.17, 15) is 0 Å². The van der Waals surface area contributed by atoms with E-state index < -0.39 is 0 Å². The molecule has 0 unspecified atom stereocenters. The van der Waals surface area contributed by atoms with Crippen LogP contribution >= 0.6 is 0 Å². The first-order valence-corrected chi connectivity index (χ1v) is 17.4. The van der Waals surface area contributed by atoms with Gasteiger partial charge in [-0.25, -0.2) is 4.98 Å². The van der Waals surface area contributed by atoms with Crippen molar-refractivity contribution in [2.45, 2.75) is 0 Å². The van der Waals surface area contributed by atoms with Crippen molar-refractivity contribution in [3.63, 3.8) is 0 Å². The van der Waals surface area contributed by atoms with Crippen molar-refractivity contribution in [2.75, 3.05) is 4.90 Å². The smallest absolute Gasteiger partial charge is 0.227 e. The zero-order valence-electron chi connectivity index (χ0n) is 27.6. The van der Waals surface area contributed by atoms with Crippen LogP contribution in [0.4, 0.5) is 17.1 Å². The summed E-state index contributed by atoms with van der Waals surface area (Å²) in [5.74, 6) is 1.42. The Balaban J connectivity index is 1.09. The second kappa shape index (κ2) is 10.2. The number of para-hydroxylation sites is 2. The Bertz CT molecular complexity index is 3160. The molecule has 0 bridgehead atoms. The van der Waals surface area contributed by atoms with Gasteiger partial charge in [0.15, 0.2) is 5.76 Å². The molecule has 3 aromatic heterocycles. The molecule has 1 aliphatic rings. The van der Waals surface area contributed by atoms with Gasteiger partial charge in [-0.05, 0) is 89.0 Å². The molecule has 0 saturated heterocycles. The van der Waals surface area contributed by atoms with Crippen LogP contribution in [-0.4, -0.2) is 4.98 Å². The molecule has 242 valence electrons. The van der Waals surface area contributed by atoms with Crippen LogP contribution in [-0.2, 0) is 0 Å². The lowest BCUT2D eigenvalue weighted by molar-refractivity contribution is 0.590. The molecule has 0 amide bonds. The lowest BCUT2D eigenvalue weighted by Crippen LogP contribution is -2.10. The van der Waals surface area contributed by atoms with Crippen molar-refractivity contribution >= 4 is 82.5 Å². The molecule has 0 saturated carbocycles. The molecule has 5 heteroatoms. The largest absolute Gasteiger partial charge is 0.456 e. The molecule has 0 radical (unpaired) electrons. The number of anilines is 3. The maximum atomic E-state index is 6.72. The Morgan fingerprint density at radius 2 is 1.04 bits per heavy atom. The van der Waals surface area contributed by atoms with Crippen LogP contribution in [0.15, 0.2) is 171 Å². The Morgan fingerprint density at radius 3 is 1.77 bits per heavy atom. The van der Waals surface area contributed by atoms with Gasteiger partial charge in [0, 0.05) is 60.7 Å². The van der Waals surface area contributed by atoms with E-state index in [2.05, 4.69) is 138 Å². The number of furan rings is 2. The first-order valence-electron chi connectivity index (χ1n) is 17.4. The molecule has 8 aromatic carbocycles. The summed E-state index contributed by atoms with van der Waals surface area (Å²) in [7, 11) is 0. The SMILES string of the molecule is c1ccc2cc(-c3nc4c(o3)-c3cc(N(c5ccc6oc7ccccc7c6c5)c5ccc6oc7ccccc7c6c5)cc5cccc-4c35)ccc2c1. The Labute approximate surface area is 296 Å². The maximum Gasteiger partial charge on any atom is 0.227 e. The van der Waals surface area contributed by atoms with Crippen LogP contribution in [0.25, 0.3) is 99.5 Å². The van der Waals surface area contributed by atoms with E-state index in [0.29, 0.717) is 5.89 Å². The molecular weight excluding hydrogens is 641 g/mol. The molecular formula is C47H26N2O3. The van der Waals surface area contributed by atoms with E-state index in [4.69, 9.17) is 18.2 Å². The van der Waals surface area contributed by atoms with E-state index in [1.54, 1.807) is 0 Å². The van der Waals surface area contributed by atoms with Crippen LogP contribution in [0.1, 0.15) is 0 Å². The summed E-state index contributed by atoms with van der Waals surface area (Å²) in [6.45, 7) is 0. The zero-order chi connectivity index (χ0) is 33.9. The number of hydrogen-bond donors (Lipinski definition) is 0. The summed E-state index contributed by atoms with van der Waals surface area (Å²) in [5.41, 5.74) is 10.5. The van der Waals surface area contributed by atoms with E-state index in [-0.39, 0.29) is 0 Å². The Hall–Kier alpha value is -7.11. The van der Waals surface area contributed by atoms with Gasteiger partial charge < -0.3 is 18.2 Å². The third-order valence-electron chi connectivity index (χ3n) is 10.6. The number of rotatable bonds is 4. The van der Waals surface area contributed by atoms with Gasteiger partial charge in [0.2, 0.25) is 5.89 Å². The number of fused-ring (bicyclic) bond motifs is 10. The number of benzene rings is 8. The van der Waals surface area contributed by atoms with Crippen LogP contribution < -0.4 is 4.90 Å². The van der Waals surface area contributed by atoms with Crippen molar-refractivity contribution in [1.29, 1.82) is 0 Å². The third-order valence-corrected chi connectivity index (χ3v) is 10.6. The van der Waals surface area contributed by atoms with E-state index >= 15 is 0 Å². The monoisotopic (exact) mass is 666 g/mol. The van der Waals surface area contributed by atoms with Gasteiger partial charge in [0.25, 0.3) is 0 Å². The molecule has 0 aliphatic heterocycles. The van der Waals surface area contributed by atoms with Gasteiger partial charge in [0.1, 0.15) is 28.0 Å². The van der Waals surface area contributed by atoms with Crippen molar-refractivity contribution in [3.8, 4) is 34.0 Å². The topological polar surface area (TPSA) is 55.6 Å². The number of hydrogen-bond acceptors (Lipinski definition) is 5. The fourth-order valence-electron chi connectivity index (χ4n) is 8.20. The Kier molecular flexibility index (Phi) is 5.44. The molecule has 0 atom stereocenters. The molecule has 3 heterocycles. The molecule has 0 N–H and O–H groups in total. The summed E-state index contributed by atoms with van der Waals surface area (Å²) in [4.78, 5) is 7.43. The molecule has 11 aromatic rings. The molecule has 0 fully saturated rings. The van der Waals surface area contributed by atoms with Crippen LogP contribution in [0.2, 0.25) is 0 Å². The molecule has 5 nitrogen and oxygen atoms in total. The summed E-state index contributed by atoms with van der Waals surface area (Å²) >= 11 is 0. The van der Waals surface area contributed by atoms with E-state index in [0.717, 1.165) is 105 Å². The fourth-order valence-corrected chi connectivity index (χ4v) is 8.20. The summed E-state index contributed by atoms with van der Waals surface area (Å²) in [5, 5.41) is 8.94. The minimum atomic E-state index is 0.621. The van der Waals surface area contributed by atoms with Gasteiger partial charge in [-0.15, -0.1) is 0 Å². The van der Waals surface area contributed by atoms with Crippen LogP contribution in [0, 0.1) is 0 Å². The molecule has 0 spiro atoms. The number of nitrogens with zero attached hydrogens (tertiary/aromatic N) is 2. The number of oxazole rings is 1. The van der Waals surface area contributed by atoms with Crippen molar-refractivity contribution in [1.82, 2.24) is 4.98 Å². The Morgan fingerprint density at radius 1 is 0.404 bits per heavy atom. The predicted octanol–water partition coefficient (Wildman–Crippen LogP) is 13.6. The van der Waals surface area contributed by atoms with Gasteiger partial charge in [0.05, 0.1) is 0 Å². The summed E-state index contributed by atoms with van der Waals surface area (Å²) < 4.78 is 19.2. The normalized spacial score (nSPS) is 12.2. The van der Waals surface area contributed by atoms with Gasteiger partial charge in [-0.1, -0.05) is 84.9 Å². The fraction of sp³-hybridized carbons (Fsp3) is 0. The van der Waals surface area contributed by atoms with Crippen LogP contribution in [0.5, 0.6) is 0 Å². The molecule has 12 rings (SSSR count). The highest BCUT2D eigenvalue weighted by atomic mass is 16.4. The predicted molar refractivity (Wildman–Crippen MR) is 211 cm³/mol.